The summed E-state index contributed by atoms with van der Waals surface area (Å²) >= 11 is 0. The molecule has 152 valence electrons. The van der Waals surface area contributed by atoms with Gasteiger partial charge in [0, 0.05) is 12.8 Å². The number of aliphatic hydroxyl groups excluding tert-OH is 5. The first kappa shape index (κ1) is 22.7. The minimum Gasteiger partial charge on any atom is -0.416 e. The highest BCUT2D eigenvalue weighted by atomic mass is 16.7. The first-order valence-electron chi connectivity index (χ1n) is 8.47. The number of aliphatic hydroxyl groups is 5. The van der Waals surface area contributed by atoms with Crippen molar-refractivity contribution in [2.75, 3.05) is 13.2 Å². The summed E-state index contributed by atoms with van der Waals surface area (Å²) in [6.45, 7) is 1.24. The summed E-state index contributed by atoms with van der Waals surface area (Å²) in [7, 11) is 0. The second kappa shape index (κ2) is 10.7. The number of hydrogen-bond donors (Lipinski definition) is 6. The minimum absolute atomic E-state index is 0.0765. The zero-order valence-electron chi connectivity index (χ0n) is 14.6. The van der Waals surface area contributed by atoms with E-state index in [-0.39, 0.29) is 19.4 Å². The predicted octanol–water partition coefficient (Wildman–Crippen LogP) is -3.03. The van der Waals surface area contributed by atoms with Crippen molar-refractivity contribution in [2.45, 2.75) is 69.7 Å². The third-order valence-electron chi connectivity index (χ3n) is 4.00. The molecule has 1 amide bonds. The first-order valence-corrected chi connectivity index (χ1v) is 8.47. The molecule has 1 saturated heterocycles. The topological polar surface area (TPSA) is 183 Å². The molecule has 0 spiro atoms. The van der Waals surface area contributed by atoms with Crippen LogP contribution in [0, 0.1) is 0 Å². The summed E-state index contributed by atoms with van der Waals surface area (Å²) in [5, 5.41) is 49.6. The number of rotatable bonds is 9. The highest BCUT2D eigenvalue weighted by Crippen LogP contribution is 2.26. The Morgan fingerprint density at radius 1 is 1.23 bits per heavy atom. The number of carbonyl (C=O) groups is 2. The molecule has 11 heteroatoms. The van der Waals surface area contributed by atoms with Crippen LogP contribution in [-0.4, -0.2) is 92.5 Å². The molecule has 0 bridgehead atoms. The third kappa shape index (κ3) is 5.58. The van der Waals surface area contributed by atoms with Gasteiger partial charge in [-0.05, 0) is 19.4 Å². The smallest absolute Gasteiger partial charge is 0.309 e. The van der Waals surface area contributed by atoms with Crippen molar-refractivity contribution in [3.05, 3.63) is 0 Å². The van der Waals surface area contributed by atoms with E-state index in [9.17, 15) is 30.0 Å². The van der Waals surface area contributed by atoms with Crippen LogP contribution < -0.4 is 5.73 Å². The number of amides is 1. The summed E-state index contributed by atoms with van der Waals surface area (Å²) in [5.41, 5.74) is 5.28. The van der Waals surface area contributed by atoms with E-state index in [4.69, 9.17) is 20.3 Å². The number of nitrogens with two attached hydrogens (primary N) is 1. The van der Waals surface area contributed by atoms with E-state index in [1.165, 1.54) is 0 Å². The van der Waals surface area contributed by atoms with Crippen molar-refractivity contribution < 1.29 is 44.6 Å². The lowest BCUT2D eigenvalue weighted by atomic mass is 9.95. The molecule has 0 aromatic carbocycles. The summed E-state index contributed by atoms with van der Waals surface area (Å²) in [6.07, 6.45) is -8.08. The van der Waals surface area contributed by atoms with Gasteiger partial charge in [-0.15, -0.1) is 0 Å². The van der Waals surface area contributed by atoms with Crippen molar-refractivity contribution in [1.82, 2.24) is 4.90 Å². The highest BCUT2D eigenvalue weighted by molar-refractivity contribution is 5.77. The van der Waals surface area contributed by atoms with Gasteiger partial charge in [-0.3, -0.25) is 14.5 Å². The fourth-order valence-corrected chi connectivity index (χ4v) is 2.64. The van der Waals surface area contributed by atoms with Crippen LogP contribution in [0.3, 0.4) is 0 Å². The van der Waals surface area contributed by atoms with Gasteiger partial charge in [-0.2, -0.15) is 0 Å². The van der Waals surface area contributed by atoms with E-state index in [0.29, 0.717) is 17.7 Å². The standard InChI is InChI=1S/C15H28N2O9/c1-2-4-9(19)17(15(24)26-10(20)5-3-6-16)11-13(22)12(21)8(7-18)25-14(11)23/h8,11-15,18,21-24H,2-7,16H2,1H3/t8-,11-,12-,13-,14?,15?/m1/s1. The van der Waals surface area contributed by atoms with E-state index < -0.39 is 55.5 Å². The molecule has 1 heterocycles. The number of nitrogens with zero attached hydrogens (tertiary/aromatic N) is 1. The molecule has 2 unspecified atom stereocenters. The van der Waals surface area contributed by atoms with Crippen LogP contribution in [0.5, 0.6) is 0 Å². The van der Waals surface area contributed by atoms with Crippen LogP contribution in [-0.2, 0) is 19.1 Å². The fourth-order valence-electron chi connectivity index (χ4n) is 2.64. The maximum Gasteiger partial charge on any atom is 0.309 e. The number of hydrogen-bond acceptors (Lipinski definition) is 10. The molecule has 0 saturated carbocycles. The van der Waals surface area contributed by atoms with Crippen molar-refractivity contribution >= 4 is 11.9 Å². The third-order valence-corrected chi connectivity index (χ3v) is 4.00. The lowest BCUT2D eigenvalue weighted by Gasteiger charge is -2.45. The van der Waals surface area contributed by atoms with E-state index in [1.54, 1.807) is 6.92 Å². The molecule has 6 atom stereocenters. The zero-order valence-corrected chi connectivity index (χ0v) is 14.6. The van der Waals surface area contributed by atoms with Gasteiger partial charge in [0.25, 0.3) is 6.41 Å². The predicted molar refractivity (Wildman–Crippen MR) is 85.9 cm³/mol. The SMILES string of the molecule is CCCC(=O)N(C(O)OC(=O)CCCN)[C@H]1C(O)O[C@H](CO)[C@@H](O)[C@@H]1O. The van der Waals surface area contributed by atoms with Crippen LogP contribution >= 0.6 is 0 Å². The van der Waals surface area contributed by atoms with Crippen molar-refractivity contribution in [3.8, 4) is 0 Å². The summed E-state index contributed by atoms with van der Waals surface area (Å²) in [6, 6.07) is -1.61. The second-order valence-electron chi connectivity index (χ2n) is 5.98. The Hall–Kier alpha value is -1.34. The molecule has 26 heavy (non-hydrogen) atoms. The molecule has 7 N–H and O–H groups in total. The molecule has 0 aromatic heterocycles. The van der Waals surface area contributed by atoms with Gasteiger partial charge in [0.15, 0.2) is 6.29 Å². The Bertz CT molecular complexity index is 464. The first-order chi connectivity index (χ1) is 12.3. The molecular weight excluding hydrogens is 352 g/mol. The van der Waals surface area contributed by atoms with Crippen molar-refractivity contribution in [1.29, 1.82) is 0 Å². The molecule has 1 aliphatic heterocycles. The van der Waals surface area contributed by atoms with Crippen molar-refractivity contribution in [3.63, 3.8) is 0 Å². The van der Waals surface area contributed by atoms with Gasteiger partial charge in [-0.1, -0.05) is 6.92 Å². The second-order valence-corrected chi connectivity index (χ2v) is 5.98. The Morgan fingerprint density at radius 2 is 1.88 bits per heavy atom. The largest absolute Gasteiger partial charge is 0.416 e. The molecule has 0 aromatic rings. The maximum atomic E-state index is 12.4. The van der Waals surface area contributed by atoms with Gasteiger partial charge in [0.1, 0.15) is 24.4 Å². The lowest BCUT2D eigenvalue weighted by Crippen LogP contribution is -2.67. The molecule has 1 rings (SSSR count). The van der Waals surface area contributed by atoms with Crippen molar-refractivity contribution in [2.24, 2.45) is 5.73 Å². The normalized spacial score (nSPS) is 29.9. The highest BCUT2D eigenvalue weighted by Gasteiger charge is 2.49. The van der Waals surface area contributed by atoms with E-state index in [1.807, 2.05) is 0 Å². The van der Waals surface area contributed by atoms with Gasteiger partial charge in [0.05, 0.1) is 6.61 Å². The van der Waals surface area contributed by atoms with Crippen LogP contribution in [0.1, 0.15) is 32.6 Å². The molecule has 0 aliphatic carbocycles. The molecule has 0 radical (unpaired) electrons. The Labute approximate surface area is 150 Å². The minimum atomic E-state index is -2.10. The molecule has 1 fully saturated rings. The zero-order chi connectivity index (χ0) is 19.9. The Balaban J connectivity index is 3.01. The quantitative estimate of drug-likeness (QED) is 0.178. The Kier molecular flexibility index (Phi) is 9.36. The fraction of sp³-hybridized carbons (Fsp3) is 0.867. The van der Waals surface area contributed by atoms with E-state index in [0.717, 1.165) is 0 Å². The maximum absolute atomic E-state index is 12.4. The number of esters is 1. The summed E-state index contributed by atoms with van der Waals surface area (Å²) < 4.78 is 9.77. The lowest BCUT2D eigenvalue weighted by molar-refractivity contribution is -0.297. The summed E-state index contributed by atoms with van der Waals surface area (Å²) in [5.74, 6) is -1.56. The molecular formula is C15H28N2O9. The molecule has 11 nitrogen and oxygen atoms in total. The van der Waals surface area contributed by atoms with Crippen LogP contribution in [0.15, 0.2) is 0 Å². The summed E-state index contributed by atoms with van der Waals surface area (Å²) in [4.78, 5) is 24.6. The van der Waals surface area contributed by atoms with Gasteiger partial charge >= 0.3 is 5.97 Å². The Morgan fingerprint density at radius 3 is 2.42 bits per heavy atom. The monoisotopic (exact) mass is 380 g/mol. The van der Waals surface area contributed by atoms with Gasteiger partial charge in [-0.25, -0.2) is 0 Å². The van der Waals surface area contributed by atoms with Crippen LogP contribution in [0.4, 0.5) is 0 Å². The number of carbonyl (C=O) groups excluding carboxylic acids is 2. The average molecular weight is 380 g/mol. The average Bonchev–Trinajstić information content (AvgIpc) is 2.59. The van der Waals surface area contributed by atoms with Crippen LogP contribution in [0.2, 0.25) is 0 Å². The van der Waals surface area contributed by atoms with Crippen LogP contribution in [0.25, 0.3) is 0 Å². The van der Waals surface area contributed by atoms with Gasteiger partial charge in [0.2, 0.25) is 5.91 Å². The number of ether oxygens (including phenoxy) is 2. The van der Waals surface area contributed by atoms with Gasteiger partial charge < -0.3 is 40.7 Å². The van der Waals surface area contributed by atoms with E-state index in [2.05, 4.69) is 0 Å². The van der Waals surface area contributed by atoms with E-state index >= 15 is 0 Å². The molecule has 1 aliphatic rings.